The number of rotatable bonds is 9. The Balaban J connectivity index is 3.05. The third kappa shape index (κ3) is 8.29. The first-order valence-corrected chi connectivity index (χ1v) is 6.05. The van der Waals surface area contributed by atoms with E-state index in [4.69, 9.17) is 5.73 Å². The average Bonchev–Trinajstić information content (AvgIpc) is 2.17. The highest BCUT2D eigenvalue weighted by molar-refractivity contribution is 4.57. The summed E-state index contributed by atoms with van der Waals surface area (Å²) in [6.45, 7) is 5.39. The van der Waals surface area contributed by atoms with Crippen molar-refractivity contribution in [2.24, 2.45) is 11.7 Å². The van der Waals surface area contributed by atoms with Gasteiger partial charge in [0.1, 0.15) is 0 Å². The summed E-state index contributed by atoms with van der Waals surface area (Å²) in [6, 6.07) is 0. The molecular weight excluding hydrogens is 158 g/mol. The van der Waals surface area contributed by atoms with Crippen LogP contribution in [0.1, 0.15) is 65.2 Å². The predicted molar refractivity (Wildman–Crippen MR) is 60.8 cm³/mol. The minimum absolute atomic E-state index is 0.783. The Morgan fingerprint density at radius 3 is 2.08 bits per heavy atom. The van der Waals surface area contributed by atoms with Crippen molar-refractivity contribution in [3.8, 4) is 0 Å². The summed E-state index contributed by atoms with van der Waals surface area (Å²) in [7, 11) is 0. The fourth-order valence-electron chi connectivity index (χ4n) is 1.70. The summed E-state index contributed by atoms with van der Waals surface area (Å²) in [5, 5.41) is 0. The van der Waals surface area contributed by atoms with E-state index >= 15 is 0 Å². The third-order valence-corrected chi connectivity index (χ3v) is 2.88. The summed E-state index contributed by atoms with van der Waals surface area (Å²) in [6.07, 6.45) is 11.0. The highest BCUT2D eigenvalue weighted by Gasteiger charge is 2.02. The van der Waals surface area contributed by atoms with Crippen LogP contribution in [0.4, 0.5) is 0 Å². The van der Waals surface area contributed by atoms with E-state index in [0.717, 1.165) is 12.5 Å². The molecule has 0 aliphatic rings. The molecule has 0 radical (unpaired) electrons. The minimum atomic E-state index is 0.783. The van der Waals surface area contributed by atoms with Crippen molar-refractivity contribution >= 4 is 0 Å². The molecule has 1 heteroatoms. The highest BCUT2D eigenvalue weighted by Crippen LogP contribution is 2.13. The average molecular weight is 185 g/mol. The molecule has 0 bridgehead atoms. The minimum Gasteiger partial charge on any atom is -0.330 e. The molecule has 0 aliphatic heterocycles. The van der Waals surface area contributed by atoms with E-state index in [2.05, 4.69) is 13.8 Å². The van der Waals surface area contributed by atoms with Crippen LogP contribution in [0.5, 0.6) is 0 Å². The van der Waals surface area contributed by atoms with E-state index in [1.807, 2.05) is 0 Å². The number of hydrogen-bond donors (Lipinski definition) is 1. The molecule has 1 unspecified atom stereocenters. The Hall–Kier alpha value is -0.0400. The Morgan fingerprint density at radius 2 is 1.54 bits per heavy atom. The SMILES string of the molecule is CCCCCCCCC(CC)CN. The van der Waals surface area contributed by atoms with E-state index in [9.17, 15) is 0 Å². The van der Waals surface area contributed by atoms with Gasteiger partial charge < -0.3 is 5.73 Å². The molecule has 0 saturated carbocycles. The zero-order valence-corrected chi connectivity index (χ0v) is 9.52. The van der Waals surface area contributed by atoms with Gasteiger partial charge >= 0.3 is 0 Å². The van der Waals surface area contributed by atoms with Gasteiger partial charge in [0.25, 0.3) is 0 Å². The van der Waals surface area contributed by atoms with Gasteiger partial charge in [0.2, 0.25) is 0 Å². The van der Waals surface area contributed by atoms with Gasteiger partial charge in [0.15, 0.2) is 0 Å². The molecule has 0 aromatic heterocycles. The topological polar surface area (TPSA) is 26.0 Å². The lowest BCUT2D eigenvalue weighted by atomic mass is 9.98. The van der Waals surface area contributed by atoms with Crippen molar-refractivity contribution in [1.29, 1.82) is 0 Å². The molecule has 2 N–H and O–H groups in total. The zero-order valence-electron chi connectivity index (χ0n) is 9.52. The molecule has 0 spiro atoms. The molecule has 0 rings (SSSR count). The first-order valence-electron chi connectivity index (χ1n) is 6.05. The number of hydrogen-bond acceptors (Lipinski definition) is 1. The molecule has 0 saturated heterocycles. The lowest BCUT2D eigenvalue weighted by Crippen LogP contribution is -2.13. The maximum Gasteiger partial charge on any atom is -0.00490 e. The quantitative estimate of drug-likeness (QED) is 0.544. The van der Waals surface area contributed by atoms with Crippen molar-refractivity contribution in [2.75, 3.05) is 6.54 Å². The van der Waals surface area contributed by atoms with E-state index in [0.29, 0.717) is 0 Å². The van der Waals surface area contributed by atoms with Gasteiger partial charge in [-0.25, -0.2) is 0 Å². The predicted octanol–water partition coefficient (Wildman–Crippen LogP) is 3.72. The highest BCUT2D eigenvalue weighted by atomic mass is 14.5. The summed E-state index contributed by atoms with van der Waals surface area (Å²) >= 11 is 0. The maximum atomic E-state index is 5.65. The zero-order chi connectivity index (χ0) is 9.94. The number of nitrogens with two attached hydrogens (primary N) is 1. The Bertz CT molecular complexity index is 87.1. The van der Waals surface area contributed by atoms with E-state index in [1.54, 1.807) is 0 Å². The van der Waals surface area contributed by atoms with Crippen LogP contribution in [0.15, 0.2) is 0 Å². The van der Waals surface area contributed by atoms with Crippen LogP contribution >= 0.6 is 0 Å². The molecule has 0 aromatic rings. The maximum absolute atomic E-state index is 5.65. The van der Waals surface area contributed by atoms with E-state index < -0.39 is 0 Å². The third-order valence-electron chi connectivity index (χ3n) is 2.88. The van der Waals surface area contributed by atoms with Crippen molar-refractivity contribution in [2.45, 2.75) is 65.2 Å². The summed E-state index contributed by atoms with van der Waals surface area (Å²) < 4.78 is 0. The summed E-state index contributed by atoms with van der Waals surface area (Å²) in [5.74, 6) is 0.783. The van der Waals surface area contributed by atoms with Gasteiger partial charge in [-0.15, -0.1) is 0 Å². The van der Waals surface area contributed by atoms with Crippen molar-refractivity contribution in [3.05, 3.63) is 0 Å². The smallest absolute Gasteiger partial charge is 0.00490 e. The van der Waals surface area contributed by atoms with E-state index in [1.165, 1.54) is 51.4 Å². The van der Waals surface area contributed by atoms with Crippen LogP contribution in [-0.2, 0) is 0 Å². The molecule has 0 aromatic carbocycles. The second-order valence-electron chi connectivity index (χ2n) is 4.07. The van der Waals surface area contributed by atoms with Crippen LogP contribution in [0.3, 0.4) is 0 Å². The fraction of sp³-hybridized carbons (Fsp3) is 1.00. The Morgan fingerprint density at radius 1 is 0.923 bits per heavy atom. The molecular formula is C12H27N. The molecule has 0 aliphatic carbocycles. The Kier molecular flexibility index (Phi) is 10.0. The number of unbranched alkanes of at least 4 members (excludes halogenated alkanes) is 5. The molecule has 1 atom stereocenters. The first-order chi connectivity index (χ1) is 6.35. The normalized spacial score (nSPS) is 13.2. The van der Waals surface area contributed by atoms with Crippen LogP contribution in [0, 0.1) is 5.92 Å². The van der Waals surface area contributed by atoms with Crippen LogP contribution in [0.2, 0.25) is 0 Å². The van der Waals surface area contributed by atoms with Gasteiger partial charge in [-0.2, -0.15) is 0 Å². The lowest BCUT2D eigenvalue weighted by molar-refractivity contribution is 0.447. The molecule has 0 fully saturated rings. The van der Waals surface area contributed by atoms with Crippen molar-refractivity contribution in [3.63, 3.8) is 0 Å². The second kappa shape index (κ2) is 10.0. The standard InChI is InChI=1S/C12H27N/c1-3-5-6-7-8-9-10-12(4-2)11-13/h12H,3-11,13H2,1-2H3. The monoisotopic (exact) mass is 185 g/mol. The molecule has 13 heavy (non-hydrogen) atoms. The second-order valence-corrected chi connectivity index (χ2v) is 4.07. The van der Waals surface area contributed by atoms with Crippen molar-refractivity contribution in [1.82, 2.24) is 0 Å². The molecule has 0 heterocycles. The van der Waals surface area contributed by atoms with Crippen LogP contribution in [-0.4, -0.2) is 6.54 Å². The van der Waals surface area contributed by atoms with Gasteiger partial charge in [-0.3, -0.25) is 0 Å². The summed E-state index contributed by atoms with van der Waals surface area (Å²) in [5.41, 5.74) is 5.65. The fourth-order valence-corrected chi connectivity index (χ4v) is 1.70. The lowest BCUT2D eigenvalue weighted by Gasteiger charge is -2.10. The van der Waals surface area contributed by atoms with Gasteiger partial charge in [-0.05, 0) is 18.9 Å². The largest absolute Gasteiger partial charge is 0.330 e. The summed E-state index contributed by atoms with van der Waals surface area (Å²) in [4.78, 5) is 0. The van der Waals surface area contributed by atoms with E-state index in [-0.39, 0.29) is 0 Å². The van der Waals surface area contributed by atoms with Gasteiger partial charge in [0, 0.05) is 0 Å². The molecule has 80 valence electrons. The van der Waals surface area contributed by atoms with Crippen LogP contribution < -0.4 is 5.73 Å². The van der Waals surface area contributed by atoms with Gasteiger partial charge in [-0.1, -0.05) is 58.8 Å². The Labute approximate surface area is 84.1 Å². The molecule has 1 nitrogen and oxygen atoms in total. The van der Waals surface area contributed by atoms with Crippen LogP contribution in [0.25, 0.3) is 0 Å². The first kappa shape index (κ1) is 13.0. The molecule has 0 amide bonds. The van der Waals surface area contributed by atoms with Gasteiger partial charge in [0.05, 0.1) is 0 Å². The van der Waals surface area contributed by atoms with Crippen molar-refractivity contribution < 1.29 is 0 Å².